The maximum Gasteiger partial charge on any atom is 0.238 e. The van der Waals surface area contributed by atoms with E-state index < -0.39 is 0 Å². The van der Waals surface area contributed by atoms with Crippen molar-refractivity contribution in [1.29, 1.82) is 0 Å². The van der Waals surface area contributed by atoms with Crippen LogP contribution in [0.5, 0.6) is 5.88 Å². The second-order valence-corrected chi connectivity index (χ2v) is 7.45. The van der Waals surface area contributed by atoms with Gasteiger partial charge in [0.1, 0.15) is 0 Å². The molecule has 1 N–H and O–H groups in total. The van der Waals surface area contributed by atoms with Crippen LogP contribution >= 0.6 is 0 Å². The highest BCUT2D eigenvalue weighted by molar-refractivity contribution is 5.92. The van der Waals surface area contributed by atoms with Gasteiger partial charge in [-0.25, -0.2) is 4.98 Å². The van der Waals surface area contributed by atoms with Gasteiger partial charge in [0.05, 0.1) is 13.7 Å². The van der Waals surface area contributed by atoms with E-state index in [2.05, 4.69) is 42.1 Å². The Bertz CT molecular complexity index is 814. The highest BCUT2D eigenvalue weighted by atomic mass is 16.5. The van der Waals surface area contributed by atoms with Gasteiger partial charge in [-0.05, 0) is 37.1 Å². The summed E-state index contributed by atoms with van der Waals surface area (Å²) in [5.74, 6) is 1.25. The van der Waals surface area contributed by atoms with Gasteiger partial charge in [0.15, 0.2) is 0 Å². The van der Waals surface area contributed by atoms with Crippen molar-refractivity contribution in [2.24, 2.45) is 0 Å². The van der Waals surface area contributed by atoms with Crippen LogP contribution in [-0.4, -0.2) is 73.7 Å². The Morgan fingerprint density at radius 2 is 1.72 bits per heavy atom. The number of aromatic nitrogens is 2. The first kappa shape index (κ1) is 19.4. The quantitative estimate of drug-likeness (QED) is 0.799. The lowest BCUT2D eigenvalue weighted by molar-refractivity contribution is -0.117. The summed E-state index contributed by atoms with van der Waals surface area (Å²) in [6, 6.07) is 9.90. The van der Waals surface area contributed by atoms with Crippen LogP contribution in [0.4, 0.5) is 17.3 Å². The van der Waals surface area contributed by atoms with Gasteiger partial charge in [-0.2, -0.15) is 4.98 Å². The van der Waals surface area contributed by atoms with E-state index in [-0.39, 0.29) is 5.91 Å². The molecule has 2 saturated heterocycles. The van der Waals surface area contributed by atoms with E-state index in [0.717, 1.165) is 45.0 Å². The monoisotopic (exact) mass is 396 g/mol. The van der Waals surface area contributed by atoms with Gasteiger partial charge in [0.25, 0.3) is 0 Å². The fourth-order valence-electron chi connectivity index (χ4n) is 3.84. The van der Waals surface area contributed by atoms with Gasteiger partial charge in [-0.1, -0.05) is 0 Å². The van der Waals surface area contributed by atoms with Crippen molar-refractivity contribution < 1.29 is 9.53 Å². The number of carbonyl (C=O) groups is 1. The van der Waals surface area contributed by atoms with Crippen LogP contribution in [-0.2, 0) is 4.79 Å². The number of nitrogens with one attached hydrogen (secondary N) is 1. The van der Waals surface area contributed by atoms with Crippen LogP contribution in [0, 0.1) is 0 Å². The lowest BCUT2D eigenvalue weighted by Crippen LogP contribution is -2.49. The largest absolute Gasteiger partial charge is 0.481 e. The Morgan fingerprint density at radius 3 is 2.41 bits per heavy atom. The summed E-state index contributed by atoms with van der Waals surface area (Å²) in [5, 5.41) is 3.01. The molecule has 2 aliphatic heterocycles. The van der Waals surface area contributed by atoms with Gasteiger partial charge in [0.2, 0.25) is 17.7 Å². The summed E-state index contributed by atoms with van der Waals surface area (Å²) in [4.78, 5) is 27.8. The maximum atomic E-state index is 12.4. The lowest BCUT2D eigenvalue weighted by Gasteiger charge is -2.34. The number of hydrogen-bond acceptors (Lipinski definition) is 7. The van der Waals surface area contributed by atoms with Crippen LogP contribution in [0.1, 0.15) is 12.8 Å². The molecule has 2 aliphatic rings. The van der Waals surface area contributed by atoms with Gasteiger partial charge in [-0.3, -0.25) is 9.69 Å². The third kappa shape index (κ3) is 4.95. The predicted molar refractivity (Wildman–Crippen MR) is 114 cm³/mol. The molecule has 29 heavy (non-hydrogen) atoms. The number of carbonyl (C=O) groups excluding carboxylic acids is 1. The molecule has 2 aromatic rings. The van der Waals surface area contributed by atoms with Gasteiger partial charge in [-0.15, -0.1) is 0 Å². The SMILES string of the molecule is COc1ccnc(N2CCN(CC(=O)Nc3ccc(N4CCCC4)cc3)CC2)n1. The first-order valence-corrected chi connectivity index (χ1v) is 10.2. The first-order chi connectivity index (χ1) is 14.2. The average Bonchev–Trinajstić information content (AvgIpc) is 3.30. The Kier molecular flexibility index (Phi) is 6.09. The summed E-state index contributed by atoms with van der Waals surface area (Å²) >= 11 is 0. The Morgan fingerprint density at radius 1 is 1.00 bits per heavy atom. The average molecular weight is 396 g/mol. The van der Waals surface area contributed by atoms with E-state index in [0.29, 0.717) is 18.4 Å². The molecule has 1 aromatic heterocycles. The second-order valence-electron chi connectivity index (χ2n) is 7.45. The molecule has 3 heterocycles. The molecule has 0 unspecified atom stereocenters. The van der Waals surface area contributed by atoms with Crippen molar-refractivity contribution in [3.63, 3.8) is 0 Å². The van der Waals surface area contributed by atoms with E-state index in [1.165, 1.54) is 18.5 Å². The van der Waals surface area contributed by atoms with Gasteiger partial charge < -0.3 is 19.9 Å². The summed E-state index contributed by atoms with van der Waals surface area (Å²) < 4.78 is 5.17. The minimum Gasteiger partial charge on any atom is -0.481 e. The zero-order valence-corrected chi connectivity index (χ0v) is 16.9. The van der Waals surface area contributed by atoms with Gasteiger partial charge in [0, 0.05) is 62.9 Å². The zero-order valence-electron chi connectivity index (χ0n) is 16.9. The molecule has 0 aliphatic carbocycles. The number of methoxy groups -OCH3 is 1. The number of piperazine rings is 1. The third-order valence-corrected chi connectivity index (χ3v) is 5.47. The highest BCUT2D eigenvalue weighted by Gasteiger charge is 2.21. The van der Waals surface area contributed by atoms with Gasteiger partial charge >= 0.3 is 0 Å². The number of ether oxygens (including phenoxy) is 1. The number of rotatable bonds is 6. The molecule has 2 fully saturated rings. The molecule has 0 radical (unpaired) electrons. The molecule has 0 spiro atoms. The maximum absolute atomic E-state index is 12.4. The minimum atomic E-state index is 0.0185. The third-order valence-electron chi connectivity index (χ3n) is 5.47. The van der Waals surface area contributed by atoms with Crippen LogP contribution in [0.2, 0.25) is 0 Å². The smallest absolute Gasteiger partial charge is 0.238 e. The van der Waals surface area contributed by atoms with E-state index in [1.54, 1.807) is 19.4 Å². The number of anilines is 3. The van der Waals surface area contributed by atoms with Crippen molar-refractivity contribution >= 4 is 23.2 Å². The van der Waals surface area contributed by atoms with E-state index in [1.807, 2.05) is 12.1 Å². The summed E-state index contributed by atoms with van der Waals surface area (Å²) in [6.07, 6.45) is 4.22. The normalized spacial score (nSPS) is 17.4. The van der Waals surface area contributed by atoms with Crippen LogP contribution in [0.15, 0.2) is 36.5 Å². The Hall–Kier alpha value is -2.87. The van der Waals surface area contributed by atoms with Crippen molar-refractivity contribution in [2.75, 3.05) is 68.0 Å². The topological polar surface area (TPSA) is 73.8 Å². The van der Waals surface area contributed by atoms with E-state index in [4.69, 9.17) is 4.74 Å². The molecule has 8 nitrogen and oxygen atoms in total. The van der Waals surface area contributed by atoms with Crippen molar-refractivity contribution in [3.05, 3.63) is 36.5 Å². The Balaban J connectivity index is 1.24. The molecule has 154 valence electrons. The highest BCUT2D eigenvalue weighted by Crippen LogP contribution is 2.22. The zero-order chi connectivity index (χ0) is 20.1. The fraction of sp³-hybridized carbons (Fsp3) is 0.476. The first-order valence-electron chi connectivity index (χ1n) is 10.2. The Labute approximate surface area is 171 Å². The van der Waals surface area contributed by atoms with Crippen LogP contribution in [0.3, 0.4) is 0 Å². The molecule has 0 atom stereocenters. The molecule has 0 saturated carbocycles. The molecule has 0 bridgehead atoms. The summed E-state index contributed by atoms with van der Waals surface area (Å²) in [6.45, 7) is 5.79. The van der Waals surface area contributed by atoms with Crippen LogP contribution in [0.25, 0.3) is 0 Å². The molecular weight excluding hydrogens is 368 g/mol. The number of amides is 1. The predicted octanol–water partition coefficient (Wildman–Crippen LogP) is 1.85. The minimum absolute atomic E-state index is 0.0185. The number of hydrogen-bond donors (Lipinski definition) is 1. The summed E-state index contributed by atoms with van der Waals surface area (Å²) in [5.41, 5.74) is 2.08. The summed E-state index contributed by atoms with van der Waals surface area (Å²) in [7, 11) is 1.60. The number of benzene rings is 1. The second kappa shape index (κ2) is 9.09. The van der Waals surface area contributed by atoms with Crippen molar-refractivity contribution in [3.8, 4) is 5.88 Å². The van der Waals surface area contributed by atoms with Crippen LogP contribution < -0.4 is 19.9 Å². The molecule has 8 heteroatoms. The molecule has 1 aromatic carbocycles. The van der Waals surface area contributed by atoms with Crippen molar-refractivity contribution in [2.45, 2.75) is 12.8 Å². The molecule has 4 rings (SSSR count). The van der Waals surface area contributed by atoms with Crippen molar-refractivity contribution in [1.82, 2.24) is 14.9 Å². The standard InChI is InChI=1S/C21H28N6O2/c1-29-20-8-9-22-21(24-20)27-14-12-25(13-15-27)16-19(28)23-17-4-6-18(7-5-17)26-10-2-3-11-26/h4-9H,2-3,10-16H2,1H3,(H,23,28). The number of nitrogens with zero attached hydrogens (tertiary/aromatic N) is 5. The van der Waals surface area contributed by atoms with E-state index in [9.17, 15) is 4.79 Å². The molecule has 1 amide bonds. The molecular formula is C21H28N6O2. The van der Waals surface area contributed by atoms with E-state index >= 15 is 0 Å². The fourth-order valence-corrected chi connectivity index (χ4v) is 3.84. The lowest BCUT2D eigenvalue weighted by atomic mass is 10.2.